The highest BCUT2D eigenvalue weighted by Gasteiger charge is 2.36. The maximum Gasteiger partial charge on any atom is 0.415 e. The molecular weight excluding hydrogens is 319 g/mol. The van der Waals surface area contributed by atoms with Crippen molar-refractivity contribution in [3.8, 4) is 0 Å². The number of amides is 2. The highest BCUT2D eigenvalue weighted by atomic mass is 19.1. The van der Waals surface area contributed by atoms with E-state index in [4.69, 9.17) is 15.7 Å². The van der Waals surface area contributed by atoms with Gasteiger partial charge in [0.05, 0.1) is 23.6 Å². The van der Waals surface area contributed by atoms with Gasteiger partial charge in [-0.2, -0.15) is 0 Å². The van der Waals surface area contributed by atoms with Gasteiger partial charge in [-0.25, -0.2) is 9.18 Å². The number of cyclic esters (lactones) is 1. The van der Waals surface area contributed by atoms with E-state index in [9.17, 15) is 14.0 Å². The summed E-state index contributed by atoms with van der Waals surface area (Å²) < 4.78 is 19.3. The number of allylic oxidation sites excluding steroid dienone is 1. The molecule has 0 spiro atoms. The van der Waals surface area contributed by atoms with Crippen LogP contribution in [0.3, 0.4) is 0 Å². The van der Waals surface area contributed by atoms with Crippen molar-refractivity contribution in [2.45, 2.75) is 12.5 Å². The zero-order valence-corrected chi connectivity index (χ0v) is 12.6. The molecule has 3 rings (SSSR count). The van der Waals surface area contributed by atoms with E-state index in [2.05, 4.69) is 5.16 Å². The molecule has 24 heavy (non-hydrogen) atoms. The number of primary amides is 1. The van der Waals surface area contributed by atoms with Crippen molar-refractivity contribution in [2.24, 2.45) is 10.9 Å². The van der Waals surface area contributed by atoms with Crippen molar-refractivity contribution >= 4 is 29.1 Å². The number of halogens is 1. The van der Waals surface area contributed by atoms with Crippen molar-refractivity contribution in [2.75, 3.05) is 22.9 Å². The lowest BCUT2D eigenvalue weighted by molar-refractivity contribution is -0.124. The van der Waals surface area contributed by atoms with Crippen LogP contribution in [0.1, 0.15) is 6.42 Å². The fourth-order valence-electron chi connectivity index (χ4n) is 2.57. The first kappa shape index (κ1) is 15.8. The molecule has 1 aromatic carbocycles. The molecule has 126 valence electrons. The van der Waals surface area contributed by atoms with E-state index >= 15 is 0 Å². The van der Waals surface area contributed by atoms with Crippen LogP contribution in [0, 0.1) is 5.82 Å². The minimum Gasteiger partial charge on any atom is -0.434 e. The lowest BCUT2D eigenvalue weighted by Crippen LogP contribution is -2.32. The largest absolute Gasteiger partial charge is 0.434 e. The van der Waals surface area contributed by atoms with Gasteiger partial charge in [-0.05, 0) is 24.3 Å². The van der Waals surface area contributed by atoms with Gasteiger partial charge >= 0.3 is 6.09 Å². The molecule has 2 amide bonds. The molecule has 1 atom stereocenters. The van der Waals surface area contributed by atoms with Crippen molar-refractivity contribution in [3.63, 3.8) is 0 Å². The number of carbonyl (C=O) groups excluding carboxylic acids is 2. The van der Waals surface area contributed by atoms with E-state index in [0.29, 0.717) is 24.4 Å². The molecule has 2 heterocycles. The summed E-state index contributed by atoms with van der Waals surface area (Å²) in [5.41, 5.74) is 6.24. The number of rotatable bonds is 3. The minimum atomic E-state index is -1.04. The van der Waals surface area contributed by atoms with Crippen molar-refractivity contribution in [1.82, 2.24) is 0 Å². The number of ether oxygens (including phenoxy) is 1. The van der Waals surface area contributed by atoms with Crippen LogP contribution in [0.15, 0.2) is 35.6 Å². The standard InChI is InChI=1S/C15H15FN4O4/c16-11-7-10(20-8-13(14(17)21)24-15(20)22)1-2-12(11)19-5-3-9(18-23)4-6-19/h1-3,5,7,13,23H,4,6,8H2,(H2,17,21)/t13-/m1/s1. The van der Waals surface area contributed by atoms with Gasteiger partial charge in [0.15, 0.2) is 6.10 Å². The summed E-state index contributed by atoms with van der Waals surface area (Å²) in [6, 6.07) is 4.29. The van der Waals surface area contributed by atoms with E-state index in [1.165, 1.54) is 12.1 Å². The van der Waals surface area contributed by atoms with Crippen LogP contribution in [-0.2, 0) is 9.53 Å². The summed E-state index contributed by atoms with van der Waals surface area (Å²) in [6.45, 7) is 0.411. The second-order valence-electron chi connectivity index (χ2n) is 5.37. The molecule has 0 bridgehead atoms. The summed E-state index contributed by atoms with van der Waals surface area (Å²) >= 11 is 0. The fraction of sp³-hybridized carbons (Fsp3) is 0.267. The molecule has 0 aromatic heterocycles. The van der Waals surface area contributed by atoms with Gasteiger partial charge in [0.1, 0.15) is 5.82 Å². The second kappa shape index (κ2) is 6.19. The van der Waals surface area contributed by atoms with Gasteiger partial charge in [-0.1, -0.05) is 5.16 Å². The number of hydrogen-bond acceptors (Lipinski definition) is 6. The van der Waals surface area contributed by atoms with Crippen LogP contribution in [0.25, 0.3) is 0 Å². The number of benzene rings is 1. The van der Waals surface area contributed by atoms with Gasteiger partial charge in [-0.3, -0.25) is 9.69 Å². The first-order chi connectivity index (χ1) is 11.5. The Bertz CT molecular complexity index is 749. The van der Waals surface area contributed by atoms with Crippen LogP contribution >= 0.6 is 0 Å². The van der Waals surface area contributed by atoms with Gasteiger partial charge in [0.2, 0.25) is 0 Å². The fourth-order valence-corrected chi connectivity index (χ4v) is 2.57. The lowest BCUT2D eigenvalue weighted by Gasteiger charge is -2.25. The number of hydrogen-bond donors (Lipinski definition) is 2. The van der Waals surface area contributed by atoms with E-state index < -0.39 is 23.9 Å². The number of oxime groups is 1. The normalized spacial score (nSPS) is 22.1. The Morgan fingerprint density at radius 1 is 1.46 bits per heavy atom. The maximum absolute atomic E-state index is 14.4. The molecule has 1 aromatic rings. The molecule has 8 nitrogen and oxygen atoms in total. The molecule has 9 heteroatoms. The molecule has 3 N–H and O–H groups in total. The first-order valence-electron chi connectivity index (χ1n) is 7.22. The highest BCUT2D eigenvalue weighted by Crippen LogP contribution is 2.29. The molecule has 2 aliphatic heterocycles. The SMILES string of the molecule is NC(=O)[C@H]1CN(c2ccc(N3C=CC(=NO)CC3)c(F)c2)C(=O)O1. The second-order valence-corrected chi connectivity index (χ2v) is 5.37. The van der Waals surface area contributed by atoms with Crippen molar-refractivity contribution in [3.05, 3.63) is 36.3 Å². The smallest absolute Gasteiger partial charge is 0.415 e. The average molecular weight is 334 g/mol. The third-order valence-electron chi connectivity index (χ3n) is 3.87. The summed E-state index contributed by atoms with van der Waals surface area (Å²) in [7, 11) is 0. The third kappa shape index (κ3) is 2.87. The first-order valence-corrected chi connectivity index (χ1v) is 7.22. The Balaban J connectivity index is 1.81. The maximum atomic E-state index is 14.4. The van der Waals surface area contributed by atoms with Crippen LogP contribution in [-0.4, -0.2) is 42.1 Å². The van der Waals surface area contributed by atoms with Crippen LogP contribution < -0.4 is 15.5 Å². The summed E-state index contributed by atoms with van der Waals surface area (Å²) in [5.74, 6) is -1.28. The Morgan fingerprint density at radius 3 is 2.79 bits per heavy atom. The summed E-state index contributed by atoms with van der Waals surface area (Å²) in [5, 5.41) is 11.8. The number of anilines is 2. The van der Waals surface area contributed by atoms with Crippen LogP contribution in [0.5, 0.6) is 0 Å². The molecule has 0 aliphatic carbocycles. The molecule has 1 fully saturated rings. The van der Waals surface area contributed by atoms with Crippen LogP contribution in [0.4, 0.5) is 20.6 Å². The zero-order chi connectivity index (χ0) is 17.3. The van der Waals surface area contributed by atoms with Crippen molar-refractivity contribution < 1.29 is 23.9 Å². The monoisotopic (exact) mass is 334 g/mol. The summed E-state index contributed by atoms with van der Waals surface area (Å²) in [4.78, 5) is 25.7. The van der Waals surface area contributed by atoms with Gasteiger partial charge in [0.25, 0.3) is 5.91 Å². The predicted molar refractivity (Wildman–Crippen MR) is 83.5 cm³/mol. The average Bonchev–Trinajstić information content (AvgIpc) is 2.97. The number of nitrogens with zero attached hydrogens (tertiary/aromatic N) is 3. The predicted octanol–water partition coefficient (Wildman–Crippen LogP) is 1.19. The third-order valence-corrected chi connectivity index (χ3v) is 3.87. The molecule has 0 saturated carbocycles. The molecule has 0 radical (unpaired) electrons. The number of carbonyl (C=O) groups is 2. The highest BCUT2D eigenvalue weighted by molar-refractivity contribution is 5.97. The van der Waals surface area contributed by atoms with Gasteiger partial charge < -0.3 is 20.6 Å². The summed E-state index contributed by atoms with van der Waals surface area (Å²) in [6.07, 6.45) is 1.90. The van der Waals surface area contributed by atoms with Gasteiger partial charge in [0, 0.05) is 19.2 Å². The topological polar surface area (TPSA) is 108 Å². The van der Waals surface area contributed by atoms with E-state index in [-0.39, 0.29) is 12.2 Å². The lowest BCUT2D eigenvalue weighted by atomic mass is 10.1. The van der Waals surface area contributed by atoms with Gasteiger partial charge in [-0.15, -0.1) is 0 Å². The van der Waals surface area contributed by atoms with E-state index in [1.54, 1.807) is 23.2 Å². The van der Waals surface area contributed by atoms with E-state index in [1.807, 2.05) is 0 Å². The molecule has 2 aliphatic rings. The Hall–Kier alpha value is -3.10. The molecular formula is C15H15FN4O4. The Morgan fingerprint density at radius 2 is 2.25 bits per heavy atom. The molecule has 1 saturated heterocycles. The van der Waals surface area contributed by atoms with Crippen LogP contribution in [0.2, 0.25) is 0 Å². The Labute approximate surface area is 136 Å². The zero-order valence-electron chi connectivity index (χ0n) is 12.6. The minimum absolute atomic E-state index is 0.0487. The quantitative estimate of drug-likeness (QED) is 0.637. The number of nitrogens with two attached hydrogens (primary N) is 1. The molecule has 0 unspecified atom stereocenters. The van der Waals surface area contributed by atoms with E-state index in [0.717, 1.165) is 4.90 Å². The Kier molecular flexibility index (Phi) is 4.07. The van der Waals surface area contributed by atoms with Crippen molar-refractivity contribution in [1.29, 1.82) is 0 Å².